The van der Waals surface area contributed by atoms with Gasteiger partial charge in [-0.05, 0) is 85.9 Å². The molecule has 6 heterocycles. The largest absolute Gasteiger partial charge is 0.463 e. The van der Waals surface area contributed by atoms with Crippen LogP contribution in [-0.2, 0) is 30.3 Å². The highest BCUT2D eigenvalue weighted by Gasteiger charge is 2.53. The van der Waals surface area contributed by atoms with Gasteiger partial charge in [0.25, 0.3) is 5.91 Å². The lowest BCUT2D eigenvalue weighted by molar-refractivity contribution is -0.145. The Morgan fingerprint density at radius 1 is 0.864 bits per heavy atom. The van der Waals surface area contributed by atoms with Gasteiger partial charge in [-0.1, -0.05) is 87.4 Å². The molecule has 18 nitrogen and oxygen atoms in total. The van der Waals surface area contributed by atoms with E-state index in [1.807, 2.05) is 66.0 Å². The number of thiazole rings is 1. The number of ether oxygens (including phenoxy) is 2. The minimum atomic E-state index is -1.99. The van der Waals surface area contributed by atoms with Gasteiger partial charge in [-0.3, -0.25) is 19.2 Å². The molecule has 4 aliphatic rings. The quantitative estimate of drug-likeness (QED) is 0.0633. The zero-order valence-electron chi connectivity index (χ0n) is 47.0. The van der Waals surface area contributed by atoms with Gasteiger partial charge in [0.05, 0.1) is 53.7 Å². The lowest BCUT2D eigenvalue weighted by Crippen LogP contribution is -2.59. The molecule has 3 saturated heterocycles. The van der Waals surface area contributed by atoms with Crippen molar-refractivity contribution in [2.45, 2.75) is 116 Å². The van der Waals surface area contributed by atoms with Crippen molar-refractivity contribution in [1.82, 2.24) is 45.2 Å². The third-order valence-corrected chi connectivity index (χ3v) is 16.8. The van der Waals surface area contributed by atoms with Crippen LogP contribution < -0.4 is 25.2 Å². The molecule has 0 radical (unpaired) electrons. The summed E-state index contributed by atoms with van der Waals surface area (Å²) in [6, 6.07) is 26.3. The number of nitrogens with zero attached hydrogens (tertiary/aromatic N) is 9. The highest BCUT2D eigenvalue weighted by Crippen LogP contribution is 2.41. The molecular weight excluding hydrogens is 1050 g/mol. The van der Waals surface area contributed by atoms with Gasteiger partial charge < -0.3 is 44.8 Å². The van der Waals surface area contributed by atoms with Gasteiger partial charge in [-0.25, -0.2) is 14.1 Å². The number of aliphatic hydroxyl groups excluding tert-OH is 1. The zero-order chi connectivity index (χ0) is 56.8. The van der Waals surface area contributed by atoms with Crippen LogP contribution >= 0.6 is 11.3 Å². The first kappa shape index (κ1) is 57.0. The van der Waals surface area contributed by atoms with E-state index < -0.39 is 53.0 Å². The Bertz CT molecular complexity index is 3160. The predicted octanol–water partition coefficient (Wildman–Crippen LogP) is 7.59. The third kappa shape index (κ3) is 13.9. The Hall–Kier alpha value is -7.29. The molecule has 6 aromatic rings. The fourth-order valence-electron chi connectivity index (χ4n) is 10.8. The van der Waals surface area contributed by atoms with Gasteiger partial charge in [0.15, 0.2) is 11.5 Å². The minimum absolute atomic E-state index is 0.0174. The molecule has 3 aliphatic heterocycles. The first-order chi connectivity index (χ1) is 39.0. The number of unbranched alkanes of at least 4 members (excludes halogenated alkanes) is 1. The molecule has 0 bridgehead atoms. The molecule has 3 aromatic carbocycles. The van der Waals surface area contributed by atoms with Crippen LogP contribution in [0.15, 0.2) is 96.6 Å². The number of halogens is 1. The number of nitrogens with one attached hydrogen (secondary N) is 2. The van der Waals surface area contributed by atoms with Crippen molar-refractivity contribution in [1.29, 1.82) is 0 Å². The molecular formula is C61H74FN11O7S. The Kier molecular flexibility index (Phi) is 17.5. The summed E-state index contributed by atoms with van der Waals surface area (Å²) in [6.07, 6.45) is 3.95. The number of morpholine rings is 1. The normalized spacial score (nSPS) is 18.8. The number of likely N-dealkylation sites (tertiary alicyclic amines) is 1. The summed E-state index contributed by atoms with van der Waals surface area (Å²) < 4.78 is 28.4. The van der Waals surface area contributed by atoms with Crippen LogP contribution in [0.1, 0.15) is 94.1 Å². The molecule has 20 heteroatoms. The Morgan fingerprint density at radius 3 is 2.30 bits per heavy atom. The Labute approximate surface area is 477 Å². The second kappa shape index (κ2) is 24.8. The van der Waals surface area contributed by atoms with Crippen molar-refractivity contribution < 1.29 is 38.1 Å². The number of β-amino-alcohol motifs (C(OH)–C–C–N with tert-alkyl or cyclic N) is 1. The SMILES string of the molecule is Cc1cccc(-c2ccn(-c3cc(N4CCOCC4)nc(OCCc4ccc(N5CCN(C(=O)CCCC[C@H](NC(=O)[C@@H]6C[C@@H](O)CN6C(=O)[C@@H](NC(=O)C6(F)CC6)C(C)(C)C)c6ccc(-c7scnc7C)cc6)CC5)cc4)n3)n2)c1. The maximum Gasteiger partial charge on any atom is 0.320 e. The van der Waals surface area contributed by atoms with Crippen LogP contribution in [0.25, 0.3) is 27.5 Å². The minimum Gasteiger partial charge on any atom is -0.463 e. The van der Waals surface area contributed by atoms with E-state index in [1.54, 1.807) is 36.8 Å². The van der Waals surface area contributed by atoms with Gasteiger partial charge in [-0.2, -0.15) is 15.1 Å². The van der Waals surface area contributed by atoms with Crippen LogP contribution in [0.2, 0.25) is 0 Å². The Morgan fingerprint density at radius 2 is 1.60 bits per heavy atom. The van der Waals surface area contributed by atoms with Gasteiger partial charge in [0, 0.05) is 88.6 Å². The summed E-state index contributed by atoms with van der Waals surface area (Å²) in [5, 5.41) is 21.5. The van der Waals surface area contributed by atoms with Crippen molar-refractivity contribution >= 4 is 46.5 Å². The molecule has 4 amide bonds. The van der Waals surface area contributed by atoms with E-state index in [0.29, 0.717) is 83.9 Å². The van der Waals surface area contributed by atoms with E-state index >= 15 is 0 Å². The maximum atomic E-state index is 14.8. The molecule has 4 fully saturated rings. The average Bonchev–Trinajstić information content (AvgIpc) is 3.80. The second-order valence-electron chi connectivity index (χ2n) is 22.9. The molecule has 3 aromatic heterocycles. The van der Waals surface area contributed by atoms with E-state index in [1.165, 1.54) is 4.90 Å². The van der Waals surface area contributed by atoms with Gasteiger partial charge in [0.2, 0.25) is 17.7 Å². The first-order valence-electron chi connectivity index (χ1n) is 28.4. The number of carbonyl (C=O) groups excluding carboxylic acids is 4. The zero-order valence-corrected chi connectivity index (χ0v) is 47.8. The van der Waals surface area contributed by atoms with E-state index in [0.717, 1.165) is 68.7 Å². The fourth-order valence-corrected chi connectivity index (χ4v) is 11.6. The molecule has 81 heavy (non-hydrogen) atoms. The van der Waals surface area contributed by atoms with Crippen LogP contribution in [-0.4, -0.2) is 153 Å². The van der Waals surface area contributed by atoms with Crippen molar-refractivity contribution in [2.75, 3.05) is 75.4 Å². The number of aryl methyl sites for hydroxylation is 2. The average molecular weight is 1120 g/mol. The summed E-state index contributed by atoms with van der Waals surface area (Å²) in [5.41, 5.74) is 7.08. The number of hydrogen-bond acceptors (Lipinski definition) is 14. The van der Waals surface area contributed by atoms with Crippen molar-refractivity contribution in [3.05, 3.63) is 119 Å². The Balaban J connectivity index is 0.714. The molecule has 0 spiro atoms. The number of alkyl halides is 1. The van der Waals surface area contributed by atoms with Gasteiger partial charge >= 0.3 is 6.01 Å². The molecule has 10 rings (SSSR count). The summed E-state index contributed by atoms with van der Waals surface area (Å²) >= 11 is 1.56. The lowest BCUT2D eigenvalue weighted by Gasteiger charge is -2.36. The molecule has 1 aliphatic carbocycles. The van der Waals surface area contributed by atoms with Crippen molar-refractivity contribution in [2.24, 2.45) is 5.41 Å². The summed E-state index contributed by atoms with van der Waals surface area (Å²) in [6.45, 7) is 14.9. The highest BCUT2D eigenvalue weighted by atomic mass is 32.1. The standard InChI is InChI=1S/C61H74FN11O7S/c1-40-9-8-10-45(35-40)49-21-25-73(68-49)52-37-51(70-30-33-79-34-31-70)65-59(66-52)80-32-22-42-13-19-46(20-14-42)69-26-28-71(29-27-69)53(75)12-7-6-11-48(43-15-17-44(18-16-43)54-41(2)63-39-81-54)64-56(76)50-36-47(74)38-72(50)57(77)55(60(3,4)5)67-58(78)61(62)23-24-61/h8-10,13-21,25,35,37,39,47-48,50,55,74H,6-7,11-12,22-24,26-34,36,38H2,1-5H3,(H,64,76)(H,67,78)/t47-,48+,50+,55-/m1/s1. The van der Waals surface area contributed by atoms with Crippen molar-refractivity contribution in [3.63, 3.8) is 0 Å². The van der Waals surface area contributed by atoms with E-state index in [4.69, 9.17) is 24.5 Å². The summed E-state index contributed by atoms with van der Waals surface area (Å²) in [4.78, 5) is 77.8. The number of aromatic nitrogens is 5. The number of aliphatic hydroxyl groups is 1. The second-order valence-corrected chi connectivity index (χ2v) is 23.8. The molecule has 4 atom stereocenters. The predicted molar refractivity (Wildman–Crippen MR) is 309 cm³/mol. The summed E-state index contributed by atoms with van der Waals surface area (Å²) in [7, 11) is 0. The van der Waals surface area contributed by atoms with Crippen LogP contribution in [0, 0.1) is 19.3 Å². The van der Waals surface area contributed by atoms with E-state index in [2.05, 4.69) is 74.8 Å². The molecule has 0 unspecified atom stereocenters. The smallest absolute Gasteiger partial charge is 0.320 e. The number of anilines is 2. The number of carbonyl (C=O) groups is 4. The number of piperazine rings is 1. The van der Waals surface area contributed by atoms with Crippen LogP contribution in [0.4, 0.5) is 15.9 Å². The van der Waals surface area contributed by atoms with Crippen LogP contribution in [0.5, 0.6) is 6.01 Å². The van der Waals surface area contributed by atoms with E-state index in [-0.39, 0.29) is 37.7 Å². The third-order valence-electron chi connectivity index (χ3n) is 15.8. The highest BCUT2D eigenvalue weighted by molar-refractivity contribution is 7.13. The monoisotopic (exact) mass is 1120 g/mol. The molecule has 428 valence electrons. The topological polar surface area (TPSA) is 200 Å². The van der Waals surface area contributed by atoms with E-state index in [9.17, 15) is 28.7 Å². The number of amides is 4. The number of benzene rings is 3. The summed E-state index contributed by atoms with van der Waals surface area (Å²) in [5.74, 6) is -0.325. The maximum absolute atomic E-state index is 14.8. The fraction of sp³-hybridized carbons (Fsp3) is 0.475. The number of hydrogen-bond donors (Lipinski definition) is 3. The van der Waals surface area contributed by atoms with Gasteiger partial charge in [-0.15, -0.1) is 11.3 Å². The van der Waals surface area contributed by atoms with Crippen LogP contribution in [0.3, 0.4) is 0 Å². The first-order valence-corrected chi connectivity index (χ1v) is 29.2. The lowest BCUT2D eigenvalue weighted by atomic mass is 9.85. The molecule has 3 N–H and O–H groups in total. The van der Waals surface area contributed by atoms with Crippen molar-refractivity contribution in [3.8, 4) is 33.5 Å². The number of rotatable bonds is 20. The molecule has 1 saturated carbocycles. The van der Waals surface area contributed by atoms with Gasteiger partial charge in [0.1, 0.15) is 17.9 Å².